The van der Waals surface area contributed by atoms with Crippen LogP contribution in [0.5, 0.6) is 5.75 Å². The number of phenols is 1. The lowest BCUT2D eigenvalue weighted by Gasteiger charge is -2.62. The zero-order valence-corrected chi connectivity index (χ0v) is 34.2. The van der Waals surface area contributed by atoms with Crippen LogP contribution in [0.3, 0.4) is 0 Å². The Kier molecular flexibility index (Phi) is 12.8. The van der Waals surface area contributed by atoms with Gasteiger partial charge in [-0.3, -0.25) is 9.59 Å². The highest BCUT2D eigenvalue weighted by Gasteiger charge is 2.57. The first-order chi connectivity index (χ1) is 28.1. The van der Waals surface area contributed by atoms with Gasteiger partial charge in [-0.25, -0.2) is 0 Å². The molecule has 4 saturated heterocycles. The van der Waals surface area contributed by atoms with Gasteiger partial charge in [-0.2, -0.15) is 10.2 Å². The van der Waals surface area contributed by atoms with Gasteiger partial charge >= 0.3 is 0 Å². The number of anilines is 2. The third-order valence-electron chi connectivity index (χ3n) is 12.5. The summed E-state index contributed by atoms with van der Waals surface area (Å²) >= 11 is 0. The predicted octanol–water partition coefficient (Wildman–Crippen LogP) is 5.66. The van der Waals surface area contributed by atoms with E-state index in [0.717, 1.165) is 68.6 Å². The maximum atomic E-state index is 14.5. The molecule has 0 aliphatic carbocycles. The van der Waals surface area contributed by atoms with Crippen LogP contribution in [0.25, 0.3) is 11.3 Å². The van der Waals surface area contributed by atoms with E-state index in [1.807, 2.05) is 24.3 Å². The summed E-state index contributed by atoms with van der Waals surface area (Å²) in [6.07, 6.45) is 7.94. The number of amides is 2. The van der Waals surface area contributed by atoms with E-state index >= 15 is 0 Å². The molecule has 1 spiro atoms. The van der Waals surface area contributed by atoms with Crippen LogP contribution in [0.15, 0.2) is 77.4 Å². The number of carbonyl (C=O) groups is 3. The Morgan fingerprint density at radius 3 is 2.28 bits per heavy atom. The van der Waals surface area contributed by atoms with Crippen molar-refractivity contribution in [1.82, 2.24) is 30.5 Å². The molecule has 13 nitrogen and oxygen atoms in total. The Hall–Kier alpha value is -5.30. The molecular formula is C45H58N8O5. The normalized spacial score (nSPS) is 18.9. The minimum atomic E-state index is -0.716. The van der Waals surface area contributed by atoms with Crippen LogP contribution in [-0.2, 0) is 19.8 Å². The van der Waals surface area contributed by atoms with Gasteiger partial charge in [0.25, 0.3) is 0 Å². The van der Waals surface area contributed by atoms with Crippen molar-refractivity contribution >= 4 is 29.5 Å². The van der Waals surface area contributed by atoms with E-state index in [0.29, 0.717) is 56.5 Å². The number of phenolic OH excluding ortho intramolecular Hbond substituents is 1. The molecule has 2 N–H and O–H groups in total. The number of carbonyl (C=O) groups excluding carboxylic acids is 3. The minimum absolute atomic E-state index is 0.00292. The van der Waals surface area contributed by atoms with Gasteiger partial charge in [0.05, 0.1) is 28.7 Å². The molecule has 0 atom stereocenters. The molecule has 2 aromatic heterocycles. The SMILES string of the molecule is CC(C)c1cc(C2(C(=O)N3CC4(CN(CC5CCN(c6ccccc6)CC5)C4)C3)CCN(c3cnnc(-c4ccccc4O)c3)CC2)no1.CNC(=O)CCCC=O. The molecule has 58 heavy (non-hydrogen) atoms. The minimum Gasteiger partial charge on any atom is -0.507 e. The van der Waals surface area contributed by atoms with Crippen molar-refractivity contribution < 1.29 is 24.0 Å². The highest BCUT2D eigenvalue weighted by atomic mass is 16.5. The predicted molar refractivity (Wildman–Crippen MR) is 224 cm³/mol. The zero-order chi connectivity index (χ0) is 40.7. The van der Waals surface area contributed by atoms with Crippen molar-refractivity contribution in [1.29, 1.82) is 0 Å². The summed E-state index contributed by atoms with van der Waals surface area (Å²) in [5.74, 6) is 2.13. The van der Waals surface area contributed by atoms with E-state index in [4.69, 9.17) is 4.52 Å². The van der Waals surface area contributed by atoms with Crippen molar-refractivity contribution in [3.63, 3.8) is 0 Å². The van der Waals surface area contributed by atoms with Crippen molar-refractivity contribution in [2.75, 3.05) is 75.8 Å². The van der Waals surface area contributed by atoms with Gasteiger partial charge in [0.1, 0.15) is 17.8 Å². The number of unbranched alkanes of at least 4 members (excludes halogenated alkanes) is 1. The zero-order valence-electron chi connectivity index (χ0n) is 34.2. The molecule has 4 aliphatic heterocycles. The van der Waals surface area contributed by atoms with Crippen LogP contribution < -0.4 is 15.1 Å². The van der Waals surface area contributed by atoms with E-state index in [9.17, 15) is 19.5 Å². The first kappa shape index (κ1) is 40.9. The summed E-state index contributed by atoms with van der Waals surface area (Å²) in [5, 5.41) is 25.9. The van der Waals surface area contributed by atoms with Crippen molar-refractivity contribution in [2.45, 2.75) is 70.1 Å². The number of piperidine rings is 2. The number of hydrogen-bond acceptors (Lipinski definition) is 11. The first-order valence-corrected chi connectivity index (χ1v) is 20.9. The third-order valence-corrected chi connectivity index (χ3v) is 12.5. The van der Waals surface area contributed by atoms with Gasteiger partial charge in [-0.15, -0.1) is 0 Å². The van der Waals surface area contributed by atoms with Gasteiger partial charge in [0.15, 0.2) is 0 Å². The Bertz CT molecular complexity index is 1990. The monoisotopic (exact) mass is 790 g/mol. The second-order valence-electron chi connectivity index (χ2n) is 17.0. The van der Waals surface area contributed by atoms with E-state index in [1.54, 1.807) is 25.4 Å². The standard InChI is InChI=1S/C39H47N7O3.C6H11NO2/c1-28(2)35-21-36(42-49-35)39(14-18-45(19-15-39)31-20-33(41-40-22-31)32-10-6-7-11-34(32)47)37(48)46-26-38(27-46)24-43(25-38)23-29-12-16-44(17-13-29)30-8-4-3-5-9-30;1-7-6(9)4-2-3-5-8/h3-11,20-22,28-29,47H,12-19,23-27H2,1-2H3;5H,2-4H2,1H3,(H,7,9). The van der Waals surface area contributed by atoms with Gasteiger partial charge in [-0.05, 0) is 68.4 Å². The number of aromatic hydroxyl groups is 1. The molecule has 4 aliphatic rings. The molecule has 4 aromatic rings. The molecule has 2 amide bonds. The average Bonchev–Trinajstić information content (AvgIpc) is 3.74. The van der Waals surface area contributed by atoms with E-state index in [-0.39, 0.29) is 28.9 Å². The second kappa shape index (κ2) is 18.1. The maximum absolute atomic E-state index is 14.5. The summed E-state index contributed by atoms with van der Waals surface area (Å²) < 4.78 is 5.78. The number of nitrogens with one attached hydrogen (secondary N) is 1. The molecule has 8 rings (SSSR count). The summed E-state index contributed by atoms with van der Waals surface area (Å²) in [6, 6.07) is 21.9. The molecule has 2 aromatic carbocycles. The Labute approximate surface area is 341 Å². The van der Waals surface area contributed by atoms with Gasteiger partial charge < -0.3 is 39.3 Å². The van der Waals surface area contributed by atoms with Gasteiger partial charge in [0, 0.05) is 107 Å². The van der Waals surface area contributed by atoms with Crippen molar-refractivity contribution in [3.8, 4) is 17.0 Å². The fourth-order valence-electron chi connectivity index (χ4n) is 9.15. The number of hydrogen-bond donors (Lipinski definition) is 2. The molecule has 0 saturated carbocycles. The fourth-order valence-corrected chi connectivity index (χ4v) is 9.15. The number of aldehydes is 1. The summed E-state index contributed by atoms with van der Waals surface area (Å²) in [4.78, 5) is 44.2. The topological polar surface area (TPSA) is 148 Å². The number of likely N-dealkylation sites (tertiary alicyclic amines) is 2. The fraction of sp³-hybridized carbons (Fsp3) is 0.511. The summed E-state index contributed by atoms with van der Waals surface area (Å²) in [5.41, 5.74) is 3.83. The largest absolute Gasteiger partial charge is 0.507 e. The molecule has 0 radical (unpaired) electrons. The maximum Gasteiger partial charge on any atom is 0.235 e. The van der Waals surface area contributed by atoms with Crippen LogP contribution in [0.2, 0.25) is 0 Å². The number of benzene rings is 2. The molecule has 308 valence electrons. The first-order valence-electron chi connectivity index (χ1n) is 20.9. The van der Waals surface area contributed by atoms with E-state index in [1.165, 1.54) is 25.1 Å². The number of aromatic nitrogens is 3. The molecule has 0 unspecified atom stereocenters. The highest BCUT2D eigenvalue weighted by molar-refractivity contribution is 5.89. The number of nitrogens with zero attached hydrogens (tertiary/aromatic N) is 7. The Morgan fingerprint density at radius 2 is 1.62 bits per heavy atom. The lowest BCUT2D eigenvalue weighted by Crippen LogP contribution is -2.74. The van der Waals surface area contributed by atoms with Gasteiger partial charge in [0.2, 0.25) is 11.8 Å². The van der Waals surface area contributed by atoms with Crippen LogP contribution >= 0.6 is 0 Å². The lowest BCUT2D eigenvalue weighted by molar-refractivity contribution is -0.167. The smallest absolute Gasteiger partial charge is 0.235 e. The van der Waals surface area contributed by atoms with E-state index < -0.39 is 5.41 Å². The number of rotatable bonds is 12. The summed E-state index contributed by atoms with van der Waals surface area (Å²) in [7, 11) is 1.59. The summed E-state index contributed by atoms with van der Waals surface area (Å²) in [6.45, 7) is 12.8. The lowest BCUT2D eigenvalue weighted by atomic mass is 9.68. The Balaban J connectivity index is 0.000000511. The van der Waals surface area contributed by atoms with Crippen LogP contribution in [-0.4, -0.2) is 114 Å². The molecule has 0 bridgehead atoms. The Morgan fingerprint density at radius 1 is 0.931 bits per heavy atom. The van der Waals surface area contributed by atoms with E-state index in [2.05, 4.69) is 84.4 Å². The molecular weight excluding hydrogens is 733 g/mol. The van der Waals surface area contributed by atoms with Crippen LogP contribution in [0.1, 0.15) is 76.2 Å². The second-order valence-corrected chi connectivity index (χ2v) is 17.0. The molecule has 6 heterocycles. The third kappa shape index (κ3) is 9.04. The highest BCUT2D eigenvalue weighted by Crippen LogP contribution is 2.46. The molecule has 13 heteroatoms. The average molecular weight is 791 g/mol. The van der Waals surface area contributed by atoms with Crippen molar-refractivity contribution in [3.05, 3.63) is 84.4 Å². The van der Waals surface area contributed by atoms with Crippen LogP contribution in [0.4, 0.5) is 11.4 Å². The van der Waals surface area contributed by atoms with Crippen molar-refractivity contribution in [2.24, 2.45) is 11.3 Å². The number of para-hydroxylation sites is 2. The quantitative estimate of drug-likeness (QED) is 0.135. The van der Waals surface area contributed by atoms with Crippen LogP contribution in [0, 0.1) is 11.3 Å². The van der Waals surface area contributed by atoms with Gasteiger partial charge in [-0.1, -0.05) is 49.3 Å². The molecule has 4 fully saturated rings.